The molecule has 8 nitrogen and oxygen atoms in total. The predicted octanol–water partition coefficient (Wildman–Crippen LogP) is 7.71. The van der Waals surface area contributed by atoms with E-state index in [0.717, 1.165) is 0 Å². The van der Waals surface area contributed by atoms with Gasteiger partial charge in [-0.3, -0.25) is 4.98 Å². The van der Waals surface area contributed by atoms with Crippen LogP contribution in [-0.4, -0.2) is 31.8 Å². The maximum atomic E-state index is 12.7. The number of nitrogens with zero attached hydrogens (tertiary/aromatic N) is 1. The monoisotopic (exact) mass is 593 g/mol. The van der Waals surface area contributed by atoms with Crippen molar-refractivity contribution in [3.63, 3.8) is 0 Å². The summed E-state index contributed by atoms with van der Waals surface area (Å²) in [7, 11) is 3.07. The Bertz CT molecular complexity index is 1460. The van der Waals surface area contributed by atoms with E-state index in [1.165, 1.54) is 38.5 Å². The van der Waals surface area contributed by atoms with Crippen LogP contribution in [0.5, 0.6) is 28.7 Å². The number of fused-ring (bicyclic) bond motifs is 1. The Kier molecular flexibility index (Phi) is 8.14. The Hall–Kier alpha value is -3.83. The van der Waals surface area contributed by atoms with Gasteiger partial charge < -0.3 is 29.6 Å². The molecular formula is C25H19BrClF2N3O5. The number of pyridine rings is 1. The van der Waals surface area contributed by atoms with Crippen LogP contribution in [-0.2, 0) is 0 Å². The summed E-state index contributed by atoms with van der Waals surface area (Å²) in [4.78, 5) is 16.9. The van der Waals surface area contributed by atoms with Gasteiger partial charge in [0, 0.05) is 28.2 Å². The number of alkyl halides is 2. The average Bonchev–Trinajstić information content (AvgIpc) is 2.86. The van der Waals surface area contributed by atoms with Crippen molar-refractivity contribution in [1.29, 1.82) is 0 Å². The highest BCUT2D eigenvalue weighted by Crippen LogP contribution is 2.38. The highest BCUT2D eigenvalue weighted by Gasteiger charge is 2.15. The quantitative estimate of drug-likeness (QED) is 0.217. The molecule has 0 radical (unpaired) electrons. The summed E-state index contributed by atoms with van der Waals surface area (Å²) in [5.41, 5.74) is 0.947. The Morgan fingerprint density at radius 3 is 2.35 bits per heavy atom. The number of hydrogen-bond donors (Lipinski definition) is 2. The first kappa shape index (κ1) is 26.2. The van der Waals surface area contributed by atoms with Crippen LogP contribution in [0.4, 0.5) is 25.0 Å². The van der Waals surface area contributed by atoms with Gasteiger partial charge in [0.2, 0.25) is 0 Å². The molecule has 4 aromatic rings. The second-order valence-electron chi connectivity index (χ2n) is 7.38. The van der Waals surface area contributed by atoms with E-state index in [1.54, 1.807) is 36.5 Å². The zero-order valence-corrected chi connectivity index (χ0v) is 21.7. The number of urea groups is 1. The summed E-state index contributed by atoms with van der Waals surface area (Å²) in [6.07, 6.45) is 1.60. The van der Waals surface area contributed by atoms with Crippen LogP contribution in [0.15, 0.2) is 65.3 Å². The van der Waals surface area contributed by atoms with Crippen LogP contribution >= 0.6 is 27.5 Å². The second-order valence-corrected chi connectivity index (χ2v) is 8.70. The van der Waals surface area contributed by atoms with Gasteiger partial charge in [0.25, 0.3) is 0 Å². The summed E-state index contributed by atoms with van der Waals surface area (Å²) in [6, 6.07) is 13.4. The lowest BCUT2D eigenvalue weighted by Gasteiger charge is -2.15. The first-order valence-electron chi connectivity index (χ1n) is 10.6. The highest BCUT2D eigenvalue weighted by atomic mass is 79.9. The van der Waals surface area contributed by atoms with Crippen LogP contribution < -0.4 is 29.6 Å². The fraction of sp³-hybridized carbons (Fsp3) is 0.120. The number of carbonyl (C=O) groups excluding carboxylic acids is 1. The van der Waals surface area contributed by atoms with Crippen molar-refractivity contribution in [2.75, 3.05) is 24.9 Å². The zero-order valence-electron chi connectivity index (χ0n) is 19.4. The number of carbonyl (C=O) groups is 1. The first-order chi connectivity index (χ1) is 17.8. The van der Waals surface area contributed by atoms with E-state index in [2.05, 4.69) is 36.3 Å². The molecule has 192 valence electrons. The van der Waals surface area contributed by atoms with Crippen molar-refractivity contribution in [3.05, 3.63) is 70.3 Å². The van der Waals surface area contributed by atoms with Gasteiger partial charge in [-0.05, 0) is 42.5 Å². The summed E-state index contributed by atoms with van der Waals surface area (Å²) in [6.45, 7) is -3.05. The molecule has 4 rings (SSSR count). The number of ether oxygens (including phenoxy) is 4. The lowest BCUT2D eigenvalue weighted by Crippen LogP contribution is -2.20. The predicted molar refractivity (Wildman–Crippen MR) is 140 cm³/mol. The molecule has 1 aromatic heterocycles. The number of amides is 2. The number of hydrogen-bond acceptors (Lipinski definition) is 6. The van der Waals surface area contributed by atoms with Crippen LogP contribution in [0.1, 0.15) is 0 Å². The SMILES string of the molecule is COc1cc2nccc(Oc3ccc(NC(=O)Nc4cc(Br)ccc4OC(F)F)c(Cl)c3)c2cc1OC. The van der Waals surface area contributed by atoms with E-state index in [-0.39, 0.29) is 22.1 Å². The Morgan fingerprint density at radius 1 is 0.919 bits per heavy atom. The summed E-state index contributed by atoms with van der Waals surface area (Å²) in [5, 5.41) is 5.91. The maximum Gasteiger partial charge on any atom is 0.387 e. The molecule has 2 amide bonds. The van der Waals surface area contributed by atoms with Crippen molar-refractivity contribution < 1.29 is 32.5 Å². The molecule has 37 heavy (non-hydrogen) atoms. The van der Waals surface area contributed by atoms with Gasteiger partial charge in [-0.1, -0.05) is 27.5 Å². The van der Waals surface area contributed by atoms with Gasteiger partial charge >= 0.3 is 12.6 Å². The lowest BCUT2D eigenvalue weighted by atomic mass is 10.2. The number of halogens is 4. The third kappa shape index (κ3) is 6.30. The fourth-order valence-corrected chi connectivity index (χ4v) is 3.98. The van der Waals surface area contributed by atoms with Crippen LogP contribution in [0.3, 0.4) is 0 Å². The molecule has 0 aliphatic heterocycles. The molecule has 0 spiro atoms. The average molecular weight is 595 g/mol. The summed E-state index contributed by atoms with van der Waals surface area (Å²) >= 11 is 9.60. The molecule has 0 saturated carbocycles. The van der Waals surface area contributed by atoms with Crippen molar-refractivity contribution in [2.45, 2.75) is 6.61 Å². The molecule has 0 aliphatic rings. The number of methoxy groups -OCH3 is 2. The minimum atomic E-state index is -3.05. The fourth-order valence-electron chi connectivity index (χ4n) is 3.40. The molecule has 0 saturated heterocycles. The number of rotatable bonds is 8. The topological polar surface area (TPSA) is 90.9 Å². The van der Waals surface area contributed by atoms with E-state index < -0.39 is 12.6 Å². The molecule has 12 heteroatoms. The van der Waals surface area contributed by atoms with Gasteiger partial charge in [-0.25, -0.2) is 4.79 Å². The Morgan fingerprint density at radius 2 is 1.65 bits per heavy atom. The van der Waals surface area contributed by atoms with E-state index in [1.807, 2.05) is 0 Å². The van der Waals surface area contributed by atoms with Crippen LogP contribution in [0.25, 0.3) is 10.9 Å². The van der Waals surface area contributed by atoms with Crippen molar-refractivity contribution in [3.8, 4) is 28.7 Å². The van der Waals surface area contributed by atoms with Gasteiger partial charge in [-0.15, -0.1) is 0 Å². The van der Waals surface area contributed by atoms with E-state index >= 15 is 0 Å². The van der Waals surface area contributed by atoms with Gasteiger partial charge in [-0.2, -0.15) is 8.78 Å². The van der Waals surface area contributed by atoms with Crippen LogP contribution in [0, 0.1) is 0 Å². The standard InChI is InChI=1S/C25H19BrClF2N3O5/c1-34-22-11-15-18(12-23(22)35-2)30-8-7-20(15)36-14-4-5-17(16(27)10-14)31-25(33)32-19-9-13(26)3-6-21(19)37-24(28)29/h3-12,24H,1-2H3,(H2,31,32,33). The third-order valence-electron chi connectivity index (χ3n) is 5.03. The molecule has 0 atom stereocenters. The van der Waals surface area contributed by atoms with Crippen LogP contribution in [0.2, 0.25) is 5.02 Å². The second kappa shape index (κ2) is 11.5. The largest absolute Gasteiger partial charge is 0.493 e. The molecular weight excluding hydrogens is 576 g/mol. The summed E-state index contributed by atoms with van der Waals surface area (Å²) < 4.78 is 47.1. The molecule has 3 aromatic carbocycles. The number of anilines is 2. The van der Waals surface area contributed by atoms with E-state index in [0.29, 0.717) is 38.4 Å². The normalized spacial score (nSPS) is 10.8. The van der Waals surface area contributed by atoms with Gasteiger partial charge in [0.05, 0.1) is 36.1 Å². The Balaban J connectivity index is 1.51. The van der Waals surface area contributed by atoms with E-state index in [4.69, 9.17) is 25.8 Å². The van der Waals surface area contributed by atoms with Crippen molar-refractivity contribution in [2.24, 2.45) is 0 Å². The highest BCUT2D eigenvalue weighted by molar-refractivity contribution is 9.10. The van der Waals surface area contributed by atoms with Gasteiger partial charge in [0.1, 0.15) is 17.2 Å². The van der Waals surface area contributed by atoms with Crippen molar-refractivity contribution >= 4 is 55.8 Å². The molecule has 0 bridgehead atoms. The molecule has 0 aliphatic carbocycles. The molecule has 2 N–H and O–H groups in total. The zero-order chi connectivity index (χ0) is 26.5. The van der Waals surface area contributed by atoms with Crippen molar-refractivity contribution in [1.82, 2.24) is 4.98 Å². The number of benzene rings is 3. The molecule has 0 fully saturated rings. The molecule has 1 heterocycles. The minimum absolute atomic E-state index is 0.0416. The first-order valence-corrected chi connectivity index (χ1v) is 11.7. The Labute approximate surface area is 223 Å². The maximum absolute atomic E-state index is 12.7. The lowest BCUT2D eigenvalue weighted by molar-refractivity contribution is -0.0493. The number of aromatic nitrogens is 1. The summed E-state index contributed by atoms with van der Waals surface area (Å²) in [5.74, 6) is 1.76. The molecule has 0 unspecified atom stereocenters. The smallest absolute Gasteiger partial charge is 0.387 e. The number of nitrogens with one attached hydrogen (secondary N) is 2. The third-order valence-corrected chi connectivity index (χ3v) is 5.84. The van der Waals surface area contributed by atoms with E-state index in [9.17, 15) is 13.6 Å². The van der Waals surface area contributed by atoms with Gasteiger partial charge in [0.15, 0.2) is 11.5 Å². The minimum Gasteiger partial charge on any atom is -0.493 e.